The predicted molar refractivity (Wildman–Crippen MR) is 234 cm³/mol. The third-order valence-corrected chi connectivity index (χ3v) is 12.7. The van der Waals surface area contributed by atoms with Gasteiger partial charge in [-0.05, 0) is 89.3 Å². The summed E-state index contributed by atoms with van der Waals surface area (Å²) in [6.07, 6.45) is 3.67. The molecule has 4 aliphatic heterocycles. The third-order valence-electron chi connectivity index (χ3n) is 12.4. The Kier molecular flexibility index (Phi) is 11.9. The second-order valence-corrected chi connectivity index (χ2v) is 17.3. The first-order chi connectivity index (χ1) is 29.7. The molecule has 3 saturated heterocycles. The maximum atomic E-state index is 13.8. The van der Waals surface area contributed by atoms with Crippen LogP contribution in [0.2, 0.25) is 5.02 Å². The number of piperidine rings is 2. The molecule has 3 N–H and O–H groups in total. The van der Waals surface area contributed by atoms with Gasteiger partial charge in [0.25, 0.3) is 23.3 Å². The second kappa shape index (κ2) is 17.4. The van der Waals surface area contributed by atoms with Gasteiger partial charge in [0, 0.05) is 75.4 Å². The number of imide groups is 2. The highest BCUT2D eigenvalue weighted by Crippen LogP contribution is 2.37. The molecule has 0 radical (unpaired) electrons. The molecule has 0 unspecified atom stereocenters. The van der Waals surface area contributed by atoms with E-state index in [1.807, 2.05) is 38.1 Å². The molecule has 326 valence electrons. The zero-order chi connectivity index (χ0) is 44.0. The maximum Gasteiger partial charge on any atom is 0.293 e. The highest BCUT2D eigenvalue weighted by atomic mass is 35.5. The van der Waals surface area contributed by atoms with Crippen LogP contribution in [0.15, 0.2) is 53.5 Å². The summed E-state index contributed by atoms with van der Waals surface area (Å²) >= 11 is 6.62. The van der Waals surface area contributed by atoms with Gasteiger partial charge < -0.3 is 29.7 Å². The summed E-state index contributed by atoms with van der Waals surface area (Å²) in [5.41, 5.74) is 2.40. The summed E-state index contributed by atoms with van der Waals surface area (Å²) in [4.78, 5) is 94.2. The van der Waals surface area contributed by atoms with E-state index < -0.39 is 29.7 Å². The zero-order valence-corrected chi connectivity index (χ0v) is 36.2. The van der Waals surface area contributed by atoms with Crippen molar-refractivity contribution >= 4 is 75.2 Å². The quantitative estimate of drug-likeness (QED) is 0.183. The number of nitrogens with zero attached hydrogens (tertiary/aromatic N) is 7. The topological polar surface area (TPSA) is 191 Å². The van der Waals surface area contributed by atoms with E-state index in [0.717, 1.165) is 48.3 Å². The Labute approximate surface area is 363 Å². The van der Waals surface area contributed by atoms with Crippen LogP contribution in [0.1, 0.15) is 80.1 Å². The van der Waals surface area contributed by atoms with Crippen molar-refractivity contribution in [1.82, 2.24) is 35.0 Å². The van der Waals surface area contributed by atoms with Crippen molar-refractivity contribution in [2.45, 2.75) is 77.5 Å². The number of amides is 5. The minimum atomic E-state index is -1.01. The number of pyridine rings is 1. The van der Waals surface area contributed by atoms with E-state index in [2.05, 4.69) is 49.5 Å². The van der Waals surface area contributed by atoms with E-state index in [1.54, 1.807) is 29.0 Å². The molecule has 3 fully saturated rings. The van der Waals surface area contributed by atoms with Gasteiger partial charge in [-0.2, -0.15) is 4.98 Å². The van der Waals surface area contributed by atoms with Crippen LogP contribution in [0.25, 0.3) is 10.9 Å². The number of hydrogen-bond acceptors (Lipinski definition) is 13. The van der Waals surface area contributed by atoms with Crippen molar-refractivity contribution in [3.05, 3.63) is 75.2 Å². The SMILES string of the molecule is CNC(=O)COc1cc2cc(Nc3nc(N4CCC(CN5[C@H](C)CN(c6cccc7c6C(=O)N([C@@H]6CCC(=O)NC6=O)C7=O)C[C@@H]5C)CC4)ncc3Cl)ccc2n(C(C)C)c1=O. The van der Waals surface area contributed by atoms with Gasteiger partial charge in [0.15, 0.2) is 18.2 Å². The van der Waals surface area contributed by atoms with Gasteiger partial charge in [0.05, 0.1) is 28.5 Å². The van der Waals surface area contributed by atoms with E-state index in [-0.39, 0.29) is 60.4 Å². The molecule has 2 aromatic carbocycles. The summed E-state index contributed by atoms with van der Waals surface area (Å²) in [7, 11) is 1.51. The summed E-state index contributed by atoms with van der Waals surface area (Å²) in [6.45, 7) is 11.7. The van der Waals surface area contributed by atoms with Crippen LogP contribution in [0.5, 0.6) is 5.75 Å². The highest BCUT2D eigenvalue weighted by Gasteiger charge is 2.46. The molecule has 3 atom stereocenters. The molecule has 0 aliphatic carbocycles. The second-order valence-electron chi connectivity index (χ2n) is 16.9. The summed E-state index contributed by atoms with van der Waals surface area (Å²) in [6, 6.07) is 11.7. The molecule has 2 aromatic heterocycles. The first kappa shape index (κ1) is 42.6. The smallest absolute Gasteiger partial charge is 0.293 e. The fourth-order valence-corrected chi connectivity index (χ4v) is 9.39. The molecule has 8 rings (SSSR count). The number of fused-ring (bicyclic) bond motifs is 2. The van der Waals surface area contributed by atoms with E-state index in [9.17, 15) is 28.8 Å². The lowest BCUT2D eigenvalue weighted by atomic mass is 9.94. The molecule has 0 spiro atoms. The number of carbonyl (C=O) groups excluding carboxylic acids is 5. The van der Waals surface area contributed by atoms with E-state index in [0.29, 0.717) is 52.7 Å². The summed E-state index contributed by atoms with van der Waals surface area (Å²) in [5.74, 6) is -0.817. The van der Waals surface area contributed by atoms with Crippen molar-refractivity contribution in [2.75, 3.05) is 61.5 Å². The Morgan fingerprint density at radius 1 is 0.968 bits per heavy atom. The van der Waals surface area contributed by atoms with Crippen molar-refractivity contribution < 1.29 is 28.7 Å². The lowest BCUT2D eigenvalue weighted by molar-refractivity contribution is -0.136. The van der Waals surface area contributed by atoms with Crippen molar-refractivity contribution in [3.8, 4) is 5.75 Å². The molecule has 0 saturated carbocycles. The van der Waals surface area contributed by atoms with E-state index in [4.69, 9.17) is 21.3 Å². The van der Waals surface area contributed by atoms with Crippen LogP contribution in [0, 0.1) is 5.92 Å². The minimum absolute atomic E-state index is 0.0709. The van der Waals surface area contributed by atoms with Gasteiger partial charge in [0.1, 0.15) is 11.1 Å². The molecule has 0 bridgehead atoms. The van der Waals surface area contributed by atoms with Gasteiger partial charge in [-0.25, -0.2) is 4.98 Å². The minimum Gasteiger partial charge on any atom is -0.478 e. The fraction of sp³-hybridized carbons (Fsp3) is 0.455. The molecular weight excluding hydrogens is 816 g/mol. The van der Waals surface area contributed by atoms with E-state index >= 15 is 0 Å². The number of benzene rings is 2. The molecule has 17 nitrogen and oxygen atoms in total. The molecule has 5 amide bonds. The number of halogens is 1. The van der Waals surface area contributed by atoms with Gasteiger partial charge in [-0.15, -0.1) is 0 Å². The normalized spacial score (nSPS) is 21.1. The van der Waals surface area contributed by atoms with Gasteiger partial charge in [-0.3, -0.25) is 43.9 Å². The first-order valence-corrected chi connectivity index (χ1v) is 21.5. The Morgan fingerprint density at radius 3 is 2.40 bits per heavy atom. The Morgan fingerprint density at radius 2 is 1.71 bits per heavy atom. The number of nitrogens with one attached hydrogen (secondary N) is 3. The lowest BCUT2D eigenvalue weighted by Gasteiger charge is -2.47. The van der Waals surface area contributed by atoms with Crippen LogP contribution < -0.4 is 36.0 Å². The molecule has 6 heterocycles. The summed E-state index contributed by atoms with van der Waals surface area (Å²) < 4.78 is 7.26. The Balaban J connectivity index is 0.900. The van der Waals surface area contributed by atoms with Crippen LogP contribution in [0.4, 0.5) is 23.1 Å². The van der Waals surface area contributed by atoms with Crippen molar-refractivity contribution in [3.63, 3.8) is 0 Å². The third kappa shape index (κ3) is 8.18. The highest BCUT2D eigenvalue weighted by molar-refractivity contribution is 6.33. The average molecular weight is 867 g/mol. The van der Waals surface area contributed by atoms with Crippen molar-refractivity contribution in [2.24, 2.45) is 5.92 Å². The number of carbonyl (C=O) groups is 5. The average Bonchev–Trinajstić information content (AvgIpc) is 3.50. The van der Waals surface area contributed by atoms with Gasteiger partial charge >= 0.3 is 0 Å². The van der Waals surface area contributed by atoms with Crippen LogP contribution in [0.3, 0.4) is 0 Å². The monoisotopic (exact) mass is 866 g/mol. The predicted octanol–water partition coefficient (Wildman–Crippen LogP) is 4.11. The first-order valence-electron chi connectivity index (χ1n) is 21.1. The van der Waals surface area contributed by atoms with Crippen LogP contribution in [-0.4, -0.2) is 118 Å². The van der Waals surface area contributed by atoms with E-state index in [1.165, 1.54) is 7.05 Å². The molecule has 18 heteroatoms. The zero-order valence-electron chi connectivity index (χ0n) is 35.4. The number of anilines is 4. The molecule has 4 aromatic rings. The fourth-order valence-electron chi connectivity index (χ4n) is 9.25. The maximum absolute atomic E-state index is 13.8. The molecular formula is C44H51ClN10O7. The number of piperazine rings is 1. The van der Waals surface area contributed by atoms with Gasteiger partial charge in [0.2, 0.25) is 17.8 Å². The van der Waals surface area contributed by atoms with Crippen molar-refractivity contribution in [1.29, 1.82) is 0 Å². The number of likely N-dealkylation sites (N-methyl/N-ethyl adjacent to an activating group) is 1. The molecule has 62 heavy (non-hydrogen) atoms. The lowest BCUT2D eigenvalue weighted by Crippen LogP contribution is -2.58. The summed E-state index contributed by atoms with van der Waals surface area (Å²) in [5, 5.41) is 9.20. The number of hydrogen-bond donors (Lipinski definition) is 3. The Hall–Kier alpha value is -6.07. The van der Waals surface area contributed by atoms with Crippen LogP contribution >= 0.6 is 11.6 Å². The standard InChI is InChI=1S/C44H51ClN10O7/c1-24(2)54-32-10-9-29(17-28(32)18-35(42(54)60)62-23-37(57)46-5)48-39-31(45)19-47-44(50-39)51-15-13-27(14-16-51)22-53-25(3)20-52(21-26(53)4)33-8-6-7-30-38(33)43(61)55(41(30)59)34-11-12-36(56)49-40(34)58/h6-10,17-19,24-27,34H,11-16,20-23H2,1-5H3,(H,46,57)(H,47,48,50)(H,49,56,58)/t25-,26+,34-/m1/s1. The largest absolute Gasteiger partial charge is 0.478 e. The number of aromatic nitrogens is 3. The Bertz CT molecular complexity index is 2510. The van der Waals surface area contributed by atoms with Crippen LogP contribution in [-0.2, 0) is 14.4 Å². The number of ether oxygens (including phenoxy) is 1. The number of rotatable bonds is 11. The molecule has 4 aliphatic rings. The van der Waals surface area contributed by atoms with Gasteiger partial charge in [-0.1, -0.05) is 17.7 Å².